The average Bonchev–Trinajstić information content (AvgIpc) is 3.04. The number of cyclic esters (lactones) is 1. The Labute approximate surface area is 141 Å². The summed E-state index contributed by atoms with van der Waals surface area (Å²) in [5.74, 6) is -0.376. The summed E-state index contributed by atoms with van der Waals surface area (Å²) in [5.41, 5.74) is 1.93. The van der Waals surface area contributed by atoms with Crippen LogP contribution in [0.3, 0.4) is 0 Å². The molecule has 5 nitrogen and oxygen atoms in total. The van der Waals surface area contributed by atoms with Gasteiger partial charge in [-0.2, -0.15) is 0 Å². The second-order valence-corrected chi connectivity index (χ2v) is 6.17. The SMILES string of the molecule is CCCCN(Cc1cnc2ccccc2c1)C(=O)[C@@H]1CCC(=O)O1. The molecule has 5 heteroatoms. The number of ether oxygens (including phenoxy) is 1. The zero-order valence-corrected chi connectivity index (χ0v) is 13.9. The van der Waals surface area contributed by atoms with Gasteiger partial charge in [0.1, 0.15) is 0 Å². The third-order valence-electron chi connectivity index (χ3n) is 4.27. The fraction of sp³-hybridized carbons (Fsp3) is 0.421. The Kier molecular flexibility index (Phi) is 5.08. The third kappa shape index (κ3) is 3.72. The smallest absolute Gasteiger partial charge is 0.306 e. The molecule has 24 heavy (non-hydrogen) atoms. The zero-order chi connectivity index (χ0) is 16.9. The van der Waals surface area contributed by atoms with Gasteiger partial charge in [0.05, 0.1) is 5.52 Å². The van der Waals surface area contributed by atoms with Gasteiger partial charge in [-0.15, -0.1) is 0 Å². The Morgan fingerprint density at radius 3 is 2.96 bits per heavy atom. The van der Waals surface area contributed by atoms with Crippen LogP contribution in [0.4, 0.5) is 0 Å². The van der Waals surface area contributed by atoms with Crippen LogP contribution < -0.4 is 0 Å². The maximum absolute atomic E-state index is 12.7. The lowest BCUT2D eigenvalue weighted by Crippen LogP contribution is -2.39. The van der Waals surface area contributed by atoms with Crippen LogP contribution in [-0.4, -0.2) is 34.4 Å². The Morgan fingerprint density at radius 1 is 1.38 bits per heavy atom. The number of unbranched alkanes of at least 4 members (excludes halogenated alkanes) is 1. The molecule has 0 spiro atoms. The van der Waals surface area contributed by atoms with Crippen molar-refractivity contribution in [2.45, 2.75) is 45.3 Å². The Bertz CT molecular complexity index is 744. The second-order valence-electron chi connectivity index (χ2n) is 6.17. The lowest BCUT2D eigenvalue weighted by molar-refractivity contribution is -0.153. The van der Waals surface area contributed by atoms with Gasteiger partial charge in [-0.1, -0.05) is 31.5 Å². The topological polar surface area (TPSA) is 59.5 Å². The van der Waals surface area contributed by atoms with Gasteiger partial charge in [0.15, 0.2) is 6.10 Å². The van der Waals surface area contributed by atoms with Crippen LogP contribution in [0.15, 0.2) is 36.5 Å². The number of pyridine rings is 1. The first-order chi connectivity index (χ1) is 11.7. The minimum absolute atomic E-state index is 0.0949. The quantitative estimate of drug-likeness (QED) is 0.766. The number of amides is 1. The molecule has 1 aromatic heterocycles. The average molecular weight is 326 g/mol. The Balaban J connectivity index is 1.77. The minimum Gasteiger partial charge on any atom is -0.452 e. The standard InChI is InChI=1S/C19H22N2O3/c1-2-3-10-21(19(23)17-8-9-18(22)24-17)13-14-11-15-6-4-5-7-16(15)20-12-14/h4-7,11-12,17H,2-3,8-10,13H2,1H3/t17-/m0/s1. The number of fused-ring (bicyclic) bond motifs is 1. The van der Waals surface area contributed by atoms with Crippen LogP contribution in [0.1, 0.15) is 38.2 Å². The number of esters is 1. The van der Waals surface area contributed by atoms with E-state index >= 15 is 0 Å². The summed E-state index contributed by atoms with van der Waals surface area (Å²) in [6.45, 7) is 3.25. The highest BCUT2D eigenvalue weighted by Crippen LogP contribution is 2.19. The van der Waals surface area contributed by atoms with Crippen LogP contribution in [0.5, 0.6) is 0 Å². The van der Waals surface area contributed by atoms with Crippen molar-refractivity contribution >= 4 is 22.8 Å². The molecular weight excluding hydrogens is 304 g/mol. The molecule has 0 N–H and O–H groups in total. The summed E-state index contributed by atoms with van der Waals surface area (Å²) < 4.78 is 5.15. The fourth-order valence-electron chi connectivity index (χ4n) is 2.94. The maximum Gasteiger partial charge on any atom is 0.306 e. The van der Waals surface area contributed by atoms with Crippen molar-refractivity contribution in [2.75, 3.05) is 6.54 Å². The Morgan fingerprint density at radius 2 is 2.21 bits per heavy atom. The summed E-state index contributed by atoms with van der Waals surface area (Å²) in [4.78, 5) is 30.2. The number of hydrogen-bond acceptors (Lipinski definition) is 4. The predicted molar refractivity (Wildman–Crippen MR) is 91.2 cm³/mol. The zero-order valence-electron chi connectivity index (χ0n) is 13.9. The van der Waals surface area contributed by atoms with Crippen molar-refractivity contribution < 1.29 is 14.3 Å². The van der Waals surface area contributed by atoms with E-state index in [0.717, 1.165) is 29.3 Å². The van der Waals surface area contributed by atoms with Crippen LogP contribution in [0.25, 0.3) is 10.9 Å². The van der Waals surface area contributed by atoms with E-state index in [-0.39, 0.29) is 11.9 Å². The first-order valence-corrected chi connectivity index (χ1v) is 8.49. The van der Waals surface area contributed by atoms with Crippen molar-refractivity contribution in [1.82, 2.24) is 9.88 Å². The van der Waals surface area contributed by atoms with Crippen LogP contribution in [-0.2, 0) is 20.9 Å². The summed E-state index contributed by atoms with van der Waals surface area (Å²) >= 11 is 0. The molecule has 2 heterocycles. The van der Waals surface area contributed by atoms with Gasteiger partial charge < -0.3 is 9.64 Å². The number of hydrogen-bond donors (Lipinski definition) is 0. The van der Waals surface area contributed by atoms with E-state index in [4.69, 9.17) is 4.74 Å². The lowest BCUT2D eigenvalue weighted by atomic mass is 10.1. The van der Waals surface area contributed by atoms with Crippen LogP contribution in [0.2, 0.25) is 0 Å². The number of carbonyl (C=O) groups excluding carboxylic acids is 2. The molecule has 0 aliphatic carbocycles. The fourth-order valence-corrected chi connectivity index (χ4v) is 2.94. The first kappa shape index (κ1) is 16.4. The molecule has 3 rings (SSSR count). The molecule has 2 aromatic rings. The predicted octanol–water partition coefficient (Wildman–Crippen LogP) is 3.07. The van der Waals surface area contributed by atoms with Gasteiger partial charge in [0.2, 0.25) is 0 Å². The molecule has 1 amide bonds. The number of para-hydroxylation sites is 1. The van der Waals surface area contributed by atoms with E-state index in [1.54, 1.807) is 4.90 Å². The van der Waals surface area contributed by atoms with E-state index in [1.807, 2.05) is 30.5 Å². The van der Waals surface area contributed by atoms with E-state index in [9.17, 15) is 9.59 Å². The van der Waals surface area contributed by atoms with Crippen molar-refractivity contribution in [1.29, 1.82) is 0 Å². The molecule has 1 aliphatic heterocycles. The lowest BCUT2D eigenvalue weighted by Gasteiger charge is -2.25. The number of benzene rings is 1. The highest BCUT2D eigenvalue weighted by atomic mass is 16.6. The molecule has 1 aromatic carbocycles. The molecule has 1 saturated heterocycles. The number of carbonyl (C=O) groups is 2. The maximum atomic E-state index is 12.7. The van der Waals surface area contributed by atoms with Gasteiger partial charge in [-0.3, -0.25) is 14.6 Å². The van der Waals surface area contributed by atoms with Gasteiger partial charge in [0, 0.05) is 37.5 Å². The number of aromatic nitrogens is 1. The third-order valence-corrected chi connectivity index (χ3v) is 4.27. The summed E-state index contributed by atoms with van der Waals surface area (Å²) in [5, 5.41) is 1.06. The van der Waals surface area contributed by atoms with E-state index in [2.05, 4.69) is 18.0 Å². The number of rotatable bonds is 6. The van der Waals surface area contributed by atoms with Crippen molar-refractivity contribution in [3.05, 3.63) is 42.1 Å². The van der Waals surface area contributed by atoms with E-state index < -0.39 is 6.10 Å². The van der Waals surface area contributed by atoms with Gasteiger partial charge in [-0.05, 0) is 24.1 Å². The molecule has 126 valence electrons. The van der Waals surface area contributed by atoms with Crippen molar-refractivity contribution in [3.8, 4) is 0 Å². The first-order valence-electron chi connectivity index (χ1n) is 8.49. The minimum atomic E-state index is -0.622. The largest absolute Gasteiger partial charge is 0.452 e. The van der Waals surface area contributed by atoms with Crippen molar-refractivity contribution in [2.24, 2.45) is 0 Å². The molecule has 0 saturated carbocycles. The van der Waals surface area contributed by atoms with E-state index in [0.29, 0.717) is 25.9 Å². The van der Waals surface area contributed by atoms with Gasteiger partial charge in [0.25, 0.3) is 5.91 Å². The van der Waals surface area contributed by atoms with Crippen molar-refractivity contribution in [3.63, 3.8) is 0 Å². The van der Waals surface area contributed by atoms with Gasteiger partial charge in [-0.25, -0.2) is 0 Å². The molecule has 1 atom stereocenters. The van der Waals surface area contributed by atoms with E-state index in [1.165, 1.54) is 0 Å². The summed E-state index contributed by atoms with van der Waals surface area (Å²) in [7, 11) is 0. The summed E-state index contributed by atoms with van der Waals surface area (Å²) in [6.07, 6.45) is 3.93. The van der Waals surface area contributed by atoms with Crippen LogP contribution in [0, 0.1) is 0 Å². The number of nitrogens with zero attached hydrogens (tertiary/aromatic N) is 2. The van der Waals surface area contributed by atoms with Crippen LogP contribution >= 0.6 is 0 Å². The second kappa shape index (κ2) is 7.43. The molecule has 0 unspecified atom stereocenters. The van der Waals surface area contributed by atoms with Gasteiger partial charge >= 0.3 is 5.97 Å². The highest BCUT2D eigenvalue weighted by Gasteiger charge is 2.32. The molecule has 1 fully saturated rings. The normalized spacial score (nSPS) is 17.0. The highest BCUT2D eigenvalue weighted by molar-refractivity contribution is 5.86. The molecule has 0 radical (unpaired) electrons. The molecular formula is C19H22N2O3. The molecule has 0 bridgehead atoms. The molecule has 1 aliphatic rings. The summed E-state index contributed by atoms with van der Waals surface area (Å²) in [6, 6.07) is 9.99. The Hall–Kier alpha value is -2.43. The monoisotopic (exact) mass is 326 g/mol.